The summed E-state index contributed by atoms with van der Waals surface area (Å²) >= 11 is 6.13. The Kier molecular flexibility index (Phi) is 5.33. The second-order valence-electron chi connectivity index (χ2n) is 8.15. The maximum Gasteiger partial charge on any atom is 0.0710 e. The average Bonchev–Trinajstić information content (AvgIpc) is 3.15. The highest BCUT2D eigenvalue weighted by atomic mass is 35.5. The van der Waals surface area contributed by atoms with Gasteiger partial charge in [0.15, 0.2) is 0 Å². The standard InChI is InChI=1S/C31H25Cl/c1-3-27-28-21-23(22-15-18-26(32)19-16-22)17-20-30(28)31(29(27)4-2,24-11-7-5-8-12-24)25-13-9-6-10-14-25/h3-21H,1-2H3. The summed E-state index contributed by atoms with van der Waals surface area (Å²) in [5, 5.41) is 0.757. The van der Waals surface area contributed by atoms with Crippen LogP contribution in [0.4, 0.5) is 0 Å². The van der Waals surface area contributed by atoms with Crippen LogP contribution in [0.2, 0.25) is 5.02 Å². The van der Waals surface area contributed by atoms with Crippen LogP contribution in [0.3, 0.4) is 0 Å². The van der Waals surface area contributed by atoms with Gasteiger partial charge in [0.05, 0.1) is 5.41 Å². The summed E-state index contributed by atoms with van der Waals surface area (Å²) in [5.41, 5.74) is 9.86. The molecule has 1 aliphatic carbocycles. The van der Waals surface area contributed by atoms with Gasteiger partial charge in [-0.3, -0.25) is 0 Å². The van der Waals surface area contributed by atoms with E-state index in [4.69, 9.17) is 11.6 Å². The fourth-order valence-electron chi connectivity index (χ4n) is 5.26. The molecular weight excluding hydrogens is 408 g/mol. The molecule has 1 aliphatic rings. The van der Waals surface area contributed by atoms with E-state index in [1.807, 2.05) is 12.1 Å². The monoisotopic (exact) mass is 432 g/mol. The van der Waals surface area contributed by atoms with Gasteiger partial charge < -0.3 is 0 Å². The van der Waals surface area contributed by atoms with E-state index < -0.39 is 0 Å². The van der Waals surface area contributed by atoms with E-state index in [0.717, 1.165) is 5.02 Å². The molecule has 1 heteroatoms. The molecule has 0 bridgehead atoms. The SMILES string of the molecule is CC=C1C(=CC)C(c2ccccc2)(c2ccccc2)c2ccc(-c3ccc(Cl)cc3)cc21. The van der Waals surface area contributed by atoms with E-state index in [9.17, 15) is 0 Å². The molecule has 0 atom stereocenters. The van der Waals surface area contributed by atoms with Crippen molar-refractivity contribution >= 4 is 17.2 Å². The quantitative estimate of drug-likeness (QED) is 0.303. The summed E-state index contributed by atoms with van der Waals surface area (Å²) in [5.74, 6) is 0. The zero-order chi connectivity index (χ0) is 22.1. The van der Waals surface area contributed by atoms with Crippen molar-refractivity contribution in [3.63, 3.8) is 0 Å². The van der Waals surface area contributed by atoms with Gasteiger partial charge in [-0.05, 0) is 76.6 Å². The van der Waals surface area contributed by atoms with Crippen LogP contribution in [-0.4, -0.2) is 0 Å². The third-order valence-corrected chi connectivity index (χ3v) is 6.83. The highest BCUT2D eigenvalue weighted by molar-refractivity contribution is 6.30. The molecule has 156 valence electrons. The largest absolute Gasteiger partial charge is 0.0843 e. The van der Waals surface area contributed by atoms with Gasteiger partial charge in [-0.15, -0.1) is 0 Å². The molecule has 0 unspecified atom stereocenters. The lowest BCUT2D eigenvalue weighted by Crippen LogP contribution is -2.28. The van der Waals surface area contributed by atoms with Crippen molar-refractivity contribution in [2.24, 2.45) is 0 Å². The zero-order valence-corrected chi connectivity index (χ0v) is 19.1. The molecule has 0 spiro atoms. The summed E-state index contributed by atoms with van der Waals surface area (Å²) in [6.07, 6.45) is 4.55. The predicted molar refractivity (Wildman–Crippen MR) is 137 cm³/mol. The number of hydrogen-bond acceptors (Lipinski definition) is 0. The van der Waals surface area contributed by atoms with Gasteiger partial charge in [0.2, 0.25) is 0 Å². The van der Waals surface area contributed by atoms with Gasteiger partial charge in [-0.25, -0.2) is 0 Å². The summed E-state index contributed by atoms with van der Waals surface area (Å²) in [6.45, 7) is 4.30. The van der Waals surface area contributed by atoms with Crippen LogP contribution in [0.1, 0.15) is 36.1 Å². The van der Waals surface area contributed by atoms with Crippen LogP contribution < -0.4 is 0 Å². The van der Waals surface area contributed by atoms with Gasteiger partial charge in [-0.1, -0.05) is 109 Å². The fourth-order valence-corrected chi connectivity index (χ4v) is 5.38. The highest BCUT2D eigenvalue weighted by Crippen LogP contribution is 2.57. The van der Waals surface area contributed by atoms with Crippen LogP contribution in [-0.2, 0) is 5.41 Å². The maximum atomic E-state index is 6.13. The third kappa shape index (κ3) is 3.06. The number of hydrogen-bond donors (Lipinski definition) is 0. The molecule has 5 rings (SSSR count). The van der Waals surface area contributed by atoms with Crippen molar-refractivity contribution in [1.29, 1.82) is 0 Å². The summed E-state index contributed by atoms with van der Waals surface area (Å²) in [7, 11) is 0. The molecule has 0 heterocycles. The number of rotatable bonds is 3. The summed E-state index contributed by atoms with van der Waals surface area (Å²) < 4.78 is 0. The fraction of sp³-hybridized carbons (Fsp3) is 0.0968. The first-order chi connectivity index (χ1) is 15.7. The molecule has 0 nitrogen and oxygen atoms in total. The normalized spacial score (nSPS) is 17.0. The van der Waals surface area contributed by atoms with Crippen LogP contribution in [0.25, 0.3) is 16.7 Å². The first-order valence-corrected chi connectivity index (χ1v) is 11.4. The van der Waals surface area contributed by atoms with Gasteiger partial charge in [0.1, 0.15) is 0 Å². The van der Waals surface area contributed by atoms with Crippen molar-refractivity contribution in [2.75, 3.05) is 0 Å². The summed E-state index contributed by atoms with van der Waals surface area (Å²) in [4.78, 5) is 0. The minimum absolute atomic E-state index is 0.340. The second-order valence-corrected chi connectivity index (χ2v) is 8.59. The molecule has 0 amide bonds. The third-order valence-electron chi connectivity index (χ3n) is 6.58. The topological polar surface area (TPSA) is 0 Å². The Morgan fingerprint density at radius 3 is 1.72 bits per heavy atom. The van der Waals surface area contributed by atoms with E-state index in [-0.39, 0.29) is 5.41 Å². The smallest absolute Gasteiger partial charge is 0.0710 e. The van der Waals surface area contributed by atoms with E-state index in [0.29, 0.717) is 0 Å². The van der Waals surface area contributed by atoms with Crippen LogP contribution in [0.5, 0.6) is 0 Å². The van der Waals surface area contributed by atoms with Gasteiger partial charge >= 0.3 is 0 Å². The van der Waals surface area contributed by atoms with Crippen LogP contribution >= 0.6 is 11.6 Å². The zero-order valence-electron chi connectivity index (χ0n) is 18.3. The number of fused-ring (bicyclic) bond motifs is 1. The number of allylic oxidation sites excluding steroid dienone is 4. The van der Waals surface area contributed by atoms with Crippen molar-refractivity contribution in [3.05, 3.63) is 148 Å². The van der Waals surface area contributed by atoms with Crippen LogP contribution in [0.15, 0.2) is 121 Å². The molecule has 4 aromatic rings. The Balaban J connectivity index is 1.84. The Bertz CT molecular complexity index is 1270. The Morgan fingerprint density at radius 2 is 1.19 bits per heavy atom. The van der Waals surface area contributed by atoms with Gasteiger partial charge in [0, 0.05) is 5.02 Å². The Hall–Kier alpha value is -3.35. The Morgan fingerprint density at radius 1 is 0.625 bits per heavy atom. The van der Waals surface area contributed by atoms with Crippen molar-refractivity contribution in [3.8, 4) is 11.1 Å². The lowest BCUT2D eigenvalue weighted by Gasteiger charge is -2.34. The molecule has 0 N–H and O–H groups in total. The molecule has 4 aromatic carbocycles. The van der Waals surface area contributed by atoms with E-state index in [2.05, 4.69) is 117 Å². The van der Waals surface area contributed by atoms with Crippen LogP contribution in [0, 0.1) is 0 Å². The lowest BCUT2D eigenvalue weighted by molar-refractivity contribution is 0.767. The van der Waals surface area contributed by atoms with E-state index in [1.54, 1.807) is 0 Å². The molecule has 32 heavy (non-hydrogen) atoms. The first kappa shape index (κ1) is 20.5. The molecule has 0 aliphatic heterocycles. The van der Waals surface area contributed by atoms with Gasteiger partial charge in [-0.2, -0.15) is 0 Å². The Labute approximate surface area is 195 Å². The predicted octanol–water partition coefficient (Wildman–Crippen LogP) is 8.70. The van der Waals surface area contributed by atoms with Crippen molar-refractivity contribution < 1.29 is 0 Å². The average molecular weight is 433 g/mol. The van der Waals surface area contributed by atoms with Crippen molar-refractivity contribution in [2.45, 2.75) is 19.3 Å². The molecule has 0 radical (unpaired) electrons. The molecular formula is C31H25Cl. The lowest BCUT2D eigenvalue weighted by atomic mass is 9.67. The minimum Gasteiger partial charge on any atom is -0.0843 e. The maximum absolute atomic E-state index is 6.13. The van der Waals surface area contributed by atoms with E-state index in [1.165, 1.54) is 44.5 Å². The van der Waals surface area contributed by atoms with Crippen molar-refractivity contribution in [1.82, 2.24) is 0 Å². The first-order valence-electron chi connectivity index (χ1n) is 11.1. The summed E-state index contributed by atoms with van der Waals surface area (Å²) in [6, 6.07) is 36.8. The number of halogens is 1. The number of benzene rings is 4. The second kappa shape index (κ2) is 8.30. The molecule has 0 fully saturated rings. The van der Waals surface area contributed by atoms with Gasteiger partial charge in [0.25, 0.3) is 0 Å². The molecule has 0 saturated heterocycles. The van der Waals surface area contributed by atoms with E-state index >= 15 is 0 Å². The molecule has 0 saturated carbocycles. The minimum atomic E-state index is -0.340. The highest BCUT2D eigenvalue weighted by Gasteiger charge is 2.47. The molecule has 0 aromatic heterocycles.